The van der Waals surface area contributed by atoms with E-state index in [4.69, 9.17) is 0 Å². The van der Waals surface area contributed by atoms with Gasteiger partial charge in [-0.15, -0.1) is 0 Å². The lowest BCUT2D eigenvalue weighted by Gasteiger charge is -2.09. The fourth-order valence-electron chi connectivity index (χ4n) is 2.01. The van der Waals surface area contributed by atoms with Crippen molar-refractivity contribution in [2.45, 2.75) is 0 Å². The Kier molecular flexibility index (Phi) is 3.04. The molecule has 0 radical (unpaired) electrons. The summed E-state index contributed by atoms with van der Waals surface area (Å²) in [6.07, 6.45) is 3.18. The topological polar surface area (TPSA) is 82.7 Å². The molecule has 0 saturated carbocycles. The average Bonchev–Trinajstić information content (AvgIpc) is 2.98. The molecule has 0 atom stereocenters. The maximum absolute atomic E-state index is 12.4. The Morgan fingerprint density at radius 3 is 2.90 bits per heavy atom. The number of anilines is 2. The number of rotatable bonds is 3. The van der Waals surface area contributed by atoms with Crippen molar-refractivity contribution in [2.24, 2.45) is 0 Å². The molecule has 3 rings (SSSR count). The molecule has 0 aliphatic carbocycles. The molecule has 0 fully saturated rings. The molecule has 6 heteroatoms. The van der Waals surface area contributed by atoms with Crippen molar-refractivity contribution in [1.82, 2.24) is 15.2 Å². The minimum absolute atomic E-state index is 0.193. The van der Waals surface area contributed by atoms with E-state index in [1.807, 2.05) is 24.3 Å². The van der Waals surface area contributed by atoms with E-state index in [0.717, 1.165) is 10.9 Å². The van der Waals surface area contributed by atoms with Crippen molar-refractivity contribution < 1.29 is 4.79 Å². The number of carbonyl (C=O) groups is 1. The number of aromatic nitrogens is 3. The Balaban J connectivity index is 2.07. The third-order valence-corrected chi connectivity index (χ3v) is 2.97. The number of aromatic amines is 1. The molecule has 0 saturated heterocycles. The summed E-state index contributed by atoms with van der Waals surface area (Å²) < 4.78 is 0. The summed E-state index contributed by atoms with van der Waals surface area (Å²) >= 11 is 0. The number of nitrogens with one attached hydrogen (secondary N) is 3. The highest BCUT2D eigenvalue weighted by atomic mass is 16.1. The highest BCUT2D eigenvalue weighted by Gasteiger charge is 2.13. The van der Waals surface area contributed by atoms with Crippen LogP contribution >= 0.6 is 0 Å². The van der Waals surface area contributed by atoms with Crippen LogP contribution in [0.5, 0.6) is 0 Å². The maximum atomic E-state index is 12.4. The number of nitrogens with zero attached hydrogens (tertiary/aromatic N) is 2. The molecule has 3 aromatic rings. The van der Waals surface area contributed by atoms with Crippen LogP contribution in [0.25, 0.3) is 10.9 Å². The quantitative estimate of drug-likeness (QED) is 0.679. The van der Waals surface area contributed by atoms with Gasteiger partial charge in [0.1, 0.15) is 5.82 Å². The molecule has 2 heterocycles. The van der Waals surface area contributed by atoms with Gasteiger partial charge >= 0.3 is 0 Å². The van der Waals surface area contributed by atoms with Crippen LogP contribution in [0.4, 0.5) is 11.5 Å². The number of para-hydroxylation sites is 1. The average molecular weight is 267 g/mol. The van der Waals surface area contributed by atoms with Crippen LogP contribution in [-0.2, 0) is 0 Å². The number of benzene rings is 1. The summed E-state index contributed by atoms with van der Waals surface area (Å²) in [6.45, 7) is 0. The molecule has 0 aliphatic rings. The van der Waals surface area contributed by atoms with Crippen LogP contribution in [-0.4, -0.2) is 28.1 Å². The zero-order chi connectivity index (χ0) is 13.9. The van der Waals surface area contributed by atoms with Gasteiger partial charge in [-0.2, -0.15) is 5.10 Å². The second-order valence-electron chi connectivity index (χ2n) is 4.26. The third kappa shape index (κ3) is 2.18. The van der Waals surface area contributed by atoms with Crippen molar-refractivity contribution in [2.75, 3.05) is 17.7 Å². The van der Waals surface area contributed by atoms with Gasteiger partial charge < -0.3 is 10.6 Å². The van der Waals surface area contributed by atoms with Gasteiger partial charge in [-0.25, -0.2) is 4.98 Å². The third-order valence-electron chi connectivity index (χ3n) is 2.97. The summed E-state index contributed by atoms with van der Waals surface area (Å²) in [5, 5.41) is 13.0. The molecule has 6 nitrogen and oxygen atoms in total. The van der Waals surface area contributed by atoms with Crippen LogP contribution in [0.2, 0.25) is 0 Å². The predicted octanol–water partition coefficient (Wildman–Crippen LogP) is 2.25. The van der Waals surface area contributed by atoms with E-state index in [9.17, 15) is 4.79 Å². The van der Waals surface area contributed by atoms with Crippen LogP contribution < -0.4 is 10.6 Å². The SMILES string of the molecule is CNc1cc(C(=O)Nc2cn[nH]c2)c2ccccc2n1. The zero-order valence-electron chi connectivity index (χ0n) is 10.8. The van der Waals surface area contributed by atoms with Crippen molar-refractivity contribution in [3.05, 3.63) is 48.3 Å². The Bertz CT molecular complexity index is 751. The van der Waals surface area contributed by atoms with E-state index < -0.39 is 0 Å². The van der Waals surface area contributed by atoms with Gasteiger partial charge in [-0.1, -0.05) is 18.2 Å². The second-order valence-corrected chi connectivity index (χ2v) is 4.26. The lowest BCUT2D eigenvalue weighted by molar-refractivity contribution is 0.102. The van der Waals surface area contributed by atoms with E-state index in [1.54, 1.807) is 25.5 Å². The summed E-state index contributed by atoms with van der Waals surface area (Å²) in [5.41, 5.74) is 1.97. The fraction of sp³-hybridized carbons (Fsp3) is 0.0714. The van der Waals surface area contributed by atoms with Gasteiger partial charge in [0.2, 0.25) is 0 Å². The maximum Gasteiger partial charge on any atom is 0.256 e. The molecule has 1 aromatic carbocycles. The van der Waals surface area contributed by atoms with Crippen LogP contribution in [0.1, 0.15) is 10.4 Å². The van der Waals surface area contributed by atoms with Gasteiger partial charge in [0.15, 0.2) is 0 Å². The van der Waals surface area contributed by atoms with Gasteiger partial charge in [0, 0.05) is 18.6 Å². The first-order valence-electron chi connectivity index (χ1n) is 6.15. The molecule has 0 spiro atoms. The molecule has 0 unspecified atom stereocenters. The minimum atomic E-state index is -0.193. The van der Waals surface area contributed by atoms with E-state index in [-0.39, 0.29) is 5.91 Å². The highest BCUT2D eigenvalue weighted by Crippen LogP contribution is 2.21. The molecule has 20 heavy (non-hydrogen) atoms. The Morgan fingerprint density at radius 2 is 2.15 bits per heavy atom. The first-order chi connectivity index (χ1) is 9.78. The van der Waals surface area contributed by atoms with Gasteiger partial charge in [-0.05, 0) is 12.1 Å². The largest absolute Gasteiger partial charge is 0.373 e. The van der Waals surface area contributed by atoms with Crippen molar-refractivity contribution in [1.29, 1.82) is 0 Å². The first-order valence-corrected chi connectivity index (χ1v) is 6.15. The molecule has 1 amide bonds. The van der Waals surface area contributed by atoms with E-state index in [0.29, 0.717) is 17.1 Å². The Morgan fingerprint density at radius 1 is 1.30 bits per heavy atom. The molecule has 2 aromatic heterocycles. The number of carbonyl (C=O) groups excluding carboxylic acids is 1. The first kappa shape index (κ1) is 12.2. The number of fused-ring (bicyclic) bond motifs is 1. The number of hydrogen-bond donors (Lipinski definition) is 3. The van der Waals surface area contributed by atoms with Crippen molar-refractivity contribution in [3.8, 4) is 0 Å². The van der Waals surface area contributed by atoms with E-state index in [1.165, 1.54) is 0 Å². The number of hydrogen-bond acceptors (Lipinski definition) is 4. The van der Waals surface area contributed by atoms with E-state index >= 15 is 0 Å². The van der Waals surface area contributed by atoms with Crippen LogP contribution in [0.15, 0.2) is 42.7 Å². The van der Waals surface area contributed by atoms with Crippen LogP contribution in [0, 0.1) is 0 Å². The zero-order valence-corrected chi connectivity index (χ0v) is 10.8. The summed E-state index contributed by atoms with van der Waals surface area (Å²) in [7, 11) is 1.77. The molecule has 3 N–H and O–H groups in total. The standard InChI is InChI=1S/C14H13N5O/c1-15-13-6-11(10-4-2-3-5-12(10)19-13)14(20)18-9-7-16-17-8-9/h2-8H,1H3,(H,15,19)(H,16,17)(H,18,20). The lowest BCUT2D eigenvalue weighted by atomic mass is 10.1. The van der Waals surface area contributed by atoms with Gasteiger partial charge in [-0.3, -0.25) is 9.89 Å². The van der Waals surface area contributed by atoms with Crippen molar-refractivity contribution in [3.63, 3.8) is 0 Å². The summed E-state index contributed by atoms with van der Waals surface area (Å²) in [5.74, 6) is 0.461. The van der Waals surface area contributed by atoms with Crippen LogP contribution in [0.3, 0.4) is 0 Å². The number of amides is 1. The molecule has 0 aliphatic heterocycles. The Hall–Kier alpha value is -2.89. The second kappa shape index (κ2) is 5.00. The normalized spacial score (nSPS) is 10.4. The van der Waals surface area contributed by atoms with E-state index in [2.05, 4.69) is 25.8 Å². The molecular formula is C14H13N5O. The summed E-state index contributed by atoms with van der Waals surface area (Å²) in [6, 6.07) is 9.28. The van der Waals surface area contributed by atoms with Gasteiger partial charge in [0.05, 0.1) is 23.0 Å². The summed E-state index contributed by atoms with van der Waals surface area (Å²) in [4.78, 5) is 16.8. The lowest BCUT2D eigenvalue weighted by Crippen LogP contribution is -2.13. The van der Waals surface area contributed by atoms with Crippen molar-refractivity contribution >= 4 is 28.3 Å². The highest BCUT2D eigenvalue weighted by molar-refractivity contribution is 6.12. The fourth-order valence-corrected chi connectivity index (χ4v) is 2.01. The van der Waals surface area contributed by atoms with Gasteiger partial charge in [0.25, 0.3) is 5.91 Å². The molecule has 0 bridgehead atoms. The predicted molar refractivity (Wildman–Crippen MR) is 77.8 cm³/mol. The Labute approximate surface area is 115 Å². The molecule has 100 valence electrons. The molecular weight excluding hydrogens is 254 g/mol. The number of H-pyrrole nitrogens is 1. The smallest absolute Gasteiger partial charge is 0.256 e. The monoisotopic (exact) mass is 267 g/mol. The number of pyridine rings is 1. The minimum Gasteiger partial charge on any atom is -0.373 e.